The van der Waals surface area contributed by atoms with Gasteiger partial charge in [-0.25, -0.2) is 4.68 Å². The Balaban J connectivity index is 1.66. The Morgan fingerprint density at radius 1 is 1.07 bits per heavy atom. The molecule has 1 aliphatic heterocycles. The molecule has 0 aliphatic carbocycles. The maximum absolute atomic E-state index is 5.36. The van der Waals surface area contributed by atoms with Gasteiger partial charge in [-0.2, -0.15) is 5.10 Å². The first kappa shape index (κ1) is 18.9. The van der Waals surface area contributed by atoms with Crippen LogP contribution in [0.5, 0.6) is 0 Å². The average molecular weight is 376 g/mol. The van der Waals surface area contributed by atoms with Crippen LogP contribution in [0, 0.1) is 19.8 Å². The zero-order valence-electron chi connectivity index (χ0n) is 17.1. The number of ether oxygens (including phenoxy) is 1. The molecule has 4 nitrogen and oxygen atoms in total. The van der Waals surface area contributed by atoms with Crippen molar-refractivity contribution in [3.63, 3.8) is 0 Å². The van der Waals surface area contributed by atoms with Crippen LogP contribution in [0.3, 0.4) is 0 Å². The van der Waals surface area contributed by atoms with E-state index < -0.39 is 0 Å². The Morgan fingerprint density at radius 3 is 2.64 bits per heavy atom. The molecule has 28 heavy (non-hydrogen) atoms. The summed E-state index contributed by atoms with van der Waals surface area (Å²) >= 11 is 0. The lowest BCUT2D eigenvalue weighted by molar-refractivity contribution is 0.152. The van der Waals surface area contributed by atoms with Crippen LogP contribution in [0.1, 0.15) is 23.1 Å². The monoisotopic (exact) mass is 375 g/mol. The van der Waals surface area contributed by atoms with Crippen LogP contribution < -0.4 is 0 Å². The summed E-state index contributed by atoms with van der Waals surface area (Å²) in [5, 5.41) is 4.98. The van der Waals surface area contributed by atoms with Crippen LogP contribution in [0.2, 0.25) is 0 Å². The summed E-state index contributed by atoms with van der Waals surface area (Å²) in [5.74, 6) is 0.638. The van der Waals surface area contributed by atoms with Crippen LogP contribution in [-0.4, -0.2) is 41.5 Å². The molecule has 1 aromatic heterocycles. The lowest BCUT2D eigenvalue weighted by Gasteiger charge is -2.15. The van der Waals surface area contributed by atoms with Gasteiger partial charge >= 0.3 is 0 Å². The summed E-state index contributed by atoms with van der Waals surface area (Å²) in [4.78, 5) is 2.53. The van der Waals surface area contributed by atoms with E-state index in [1.54, 1.807) is 7.11 Å². The van der Waals surface area contributed by atoms with Crippen molar-refractivity contribution in [1.82, 2.24) is 14.7 Å². The van der Waals surface area contributed by atoms with E-state index in [2.05, 4.69) is 73.5 Å². The molecule has 1 atom stereocenters. The van der Waals surface area contributed by atoms with E-state index in [-0.39, 0.29) is 0 Å². The summed E-state index contributed by atoms with van der Waals surface area (Å²) in [6.45, 7) is 8.24. The summed E-state index contributed by atoms with van der Waals surface area (Å²) < 4.78 is 7.38. The highest BCUT2D eigenvalue weighted by Crippen LogP contribution is 2.28. The van der Waals surface area contributed by atoms with Gasteiger partial charge in [0.2, 0.25) is 0 Å². The van der Waals surface area contributed by atoms with Gasteiger partial charge in [0.25, 0.3) is 0 Å². The molecule has 2 aromatic carbocycles. The molecule has 0 bridgehead atoms. The molecular formula is C24H29N3O. The largest absolute Gasteiger partial charge is 0.384 e. The Kier molecular flexibility index (Phi) is 5.60. The van der Waals surface area contributed by atoms with Crippen molar-refractivity contribution in [3.8, 4) is 16.9 Å². The first-order valence-electron chi connectivity index (χ1n) is 10.1. The summed E-state index contributed by atoms with van der Waals surface area (Å²) in [6.07, 6.45) is 3.41. The second-order valence-electron chi connectivity index (χ2n) is 8.00. The van der Waals surface area contributed by atoms with E-state index in [4.69, 9.17) is 9.84 Å². The van der Waals surface area contributed by atoms with Crippen molar-refractivity contribution in [2.45, 2.75) is 26.8 Å². The highest BCUT2D eigenvalue weighted by atomic mass is 16.5. The Bertz CT molecular complexity index is 929. The fraction of sp³-hybridized carbons (Fsp3) is 0.375. The lowest BCUT2D eigenvalue weighted by Crippen LogP contribution is -2.21. The number of benzene rings is 2. The van der Waals surface area contributed by atoms with E-state index >= 15 is 0 Å². The number of nitrogens with zero attached hydrogens (tertiary/aromatic N) is 3. The number of aryl methyl sites for hydroxylation is 2. The van der Waals surface area contributed by atoms with Crippen molar-refractivity contribution in [1.29, 1.82) is 0 Å². The maximum Gasteiger partial charge on any atom is 0.0972 e. The smallest absolute Gasteiger partial charge is 0.0972 e. The SMILES string of the molecule is COCC1CCN(Cc2cn(-c3ccc(C)cc3)nc2-c2cccc(C)c2)C1. The Labute approximate surface area is 167 Å². The fourth-order valence-electron chi connectivity index (χ4n) is 4.06. The third-order valence-corrected chi connectivity index (χ3v) is 5.55. The number of hydrogen-bond donors (Lipinski definition) is 0. The number of hydrogen-bond acceptors (Lipinski definition) is 3. The fourth-order valence-corrected chi connectivity index (χ4v) is 4.06. The summed E-state index contributed by atoms with van der Waals surface area (Å²) in [7, 11) is 1.80. The van der Waals surface area contributed by atoms with Crippen molar-refractivity contribution in [2.75, 3.05) is 26.8 Å². The molecule has 0 spiro atoms. The molecule has 0 N–H and O–H groups in total. The van der Waals surface area contributed by atoms with Crippen molar-refractivity contribution >= 4 is 0 Å². The number of likely N-dealkylation sites (tertiary alicyclic amines) is 1. The van der Waals surface area contributed by atoms with Crippen LogP contribution in [0.4, 0.5) is 0 Å². The van der Waals surface area contributed by atoms with Gasteiger partial charge in [-0.1, -0.05) is 41.5 Å². The summed E-state index contributed by atoms with van der Waals surface area (Å²) in [5.41, 5.74) is 7.17. The van der Waals surface area contributed by atoms with Crippen molar-refractivity contribution in [2.24, 2.45) is 5.92 Å². The Morgan fingerprint density at radius 2 is 1.89 bits per heavy atom. The van der Waals surface area contributed by atoms with E-state index in [0.29, 0.717) is 5.92 Å². The van der Waals surface area contributed by atoms with Gasteiger partial charge in [-0.05, 0) is 50.9 Å². The maximum atomic E-state index is 5.36. The van der Waals surface area contributed by atoms with E-state index in [1.165, 1.54) is 28.7 Å². The first-order valence-corrected chi connectivity index (χ1v) is 10.1. The molecule has 0 radical (unpaired) electrons. The zero-order valence-corrected chi connectivity index (χ0v) is 17.1. The predicted molar refractivity (Wildman–Crippen MR) is 114 cm³/mol. The second-order valence-corrected chi connectivity index (χ2v) is 8.00. The minimum absolute atomic E-state index is 0.638. The molecule has 0 amide bonds. The summed E-state index contributed by atoms with van der Waals surface area (Å²) in [6, 6.07) is 17.2. The second kappa shape index (κ2) is 8.29. The molecule has 4 rings (SSSR count). The third kappa shape index (κ3) is 4.18. The van der Waals surface area contributed by atoms with Gasteiger partial charge in [0.05, 0.1) is 18.0 Å². The molecule has 1 aliphatic rings. The van der Waals surface area contributed by atoms with Crippen molar-refractivity contribution < 1.29 is 4.74 Å². The standard InChI is InChI=1S/C24H29N3O/c1-18-7-9-23(10-8-18)27-16-22(15-26-12-11-20(14-26)17-28-3)24(25-27)21-6-4-5-19(2)13-21/h4-10,13,16,20H,11-12,14-15,17H2,1-3H3. The van der Waals surface area contributed by atoms with Gasteiger partial charge < -0.3 is 4.74 Å². The topological polar surface area (TPSA) is 30.3 Å². The highest BCUT2D eigenvalue weighted by molar-refractivity contribution is 5.64. The minimum Gasteiger partial charge on any atom is -0.384 e. The minimum atomic E-state index is 0.638. The zero-order chi connectivity index (χ0) is 19.5. The van der Waals surface area contributed by atoms with Gasteiger partial charge in [-0.15, -0.1) is 0 Å². The number of rotatable bonds is 6. The molecule has 4 heteroatoms. The first-order chi connectivity index (χ1) is 13.6. The number of methoxy groups -OCH3 is 1. The lowest BCUT2D eigenvalue weighted by atomic mass is 10.1. The van der Waals surface area contributed by atoms with Gasteiger partial charge in [0.15, 0.2) is 0 Å². The van der Waals surface area contributed by atoms with Gasteiger partial charge in [0.1, 0.15) is 0 Å². The van der Waals surface area contributed by atoms with E-state index in [9.17, 15) is 0 Å². The van der Waals surface area contributed by atoms with Gasteiger partial charge in [0, 0.05) is 37.5 Å². The van der Waals surface area contributed by atoms with E-state index in [1.807, 2.05) is 4.68 Å². The highest BCUT2D eigenvalue weighted by Gasteiger charge is 2.24. The van der Waals surface area contributed by atoms with Crippen molar-refractivity contribution in [3.05, 3.63) is 71.4 Å². The molecule has 1 fully saturated rings. The molecule has 3 aromatic rings. The molecule has 1 unspecified atom stereocenters. The molecular weight excluding hydrogens is 346 g/mol. The van der Waals surface area contributed by atoms with Crippen LogP contribution in [0.25, 0.3) is 16.9 Å². The molecule has 1 saturated heterocycles. The van der Waals surface area contributed by atoms with Crippen LogP contribution in [-0.2, 0) is 11.3 Å². The van der Waals surface area contributed by atoms with Crippen LogP contribution >= 0.6 is 0 Å². The molecule has 0 saturated carbocycles. The van der Waals surface area contributed by atoms with Crippen LogP contribution in [0.15, 0.2) is 54.7 Å². The third-order valence-electron chi connectivity index (χ3n) is 5.55. The molecule has 2 heterocycles. The normalized spacial score (nSPS) is 17.3. The Hall–Kier alpha value is -2.43. The number of aromatic nitrogens is 2. The van der Waals surface area contributed by atoms with Gasteiger partial charge in [-0.3, -0.25) is 4.90 Å². The quantitative estimate of drug-likeness (QED) is 0.629. The predicted octanol–water partition coefficient (Wildman–Crippen LogP) is 4.62. The van der Waals surface area contributed by atoms with E-state index in [0.717, 1.165) is 37.6 Å². The molecule has 146 valence electrons. The average Bonchev–Trinajstić information content (AvgIpc) is 3.30.